The lowest BCUT2D eigenvalue weighted by Gasteiger charge is -2.34. The van der Waals surface area contributed by atoms with Crippen molar-refractivity contribution in [3.63, 3.8) is 0 Å². The number of hydrogen-bond acceptors (Lipinski definition) is 7. The van der Waals surface area contributed by atoms with Crippen LogP contribution in [0.25, 0.3) is 5.82 Å². The number of hydrogen-bond donors (Lipinski definition) is 2. The van der Waals surface area contributed by atoms with E-state index in [2.05, 4.69) is 25.7 Å². The van der Waals surface area contributed by atoms with Gasteiger partial charge in [-0.15, -0.1) is 0 Å². The second kappa shape index (κ2) is 8.39. The molecule has 0 spiro atoms. The Labute approximate surface area is 196 Å². The molecule has 0 aliphatic carbocycles. The van der Waals surface area contributed by atoms with Crippen molar-refractivity contribution in [3.05, 3.63) is 64.9 Å². The normalized spacial score (nSPS) is 15.3. The number of anilines is 1. The number of nitriles is 1. The van der Waals surface area contributed by atoms with Gasteiger partial charge in [0.1, 0.15) is 18.0 Å². The maximum absolute atomic E-state index is 13.6. The molecule has 2 N–H and O–H groups in total. The summed E-state index contributed by atoms with van der Waals surface area (Å²) in [5.41, 5.74) is -2.57. The van der Waals surface area contributed by atoms with Crippen molar-refractivity contribution in [3.8, 4) is 11.9 Å². The van der Waals surface area contributed by atoms with Crippen LogP contribution in [0.4, 0.5) is 23.7 Å². The highest BCUT2D eigenvalue weighted by atomic mass is 19.4. The van der Waals surface area contributed by atoms with Crippen LogP contribution < -0.4 is 10.6 Å². The van der Waals surface area contributed by atoms with Gasteiger partial charge in [-0.3, -0.25) is 10.1 Å². The van der Waals surface area contributed by atoms with Crippen LogP contribution in [0.1, 0.15) is 59.7 Å². The van der Waals surface area contributed by atoms with E-state index in [-0.39, 0.29) is 22.6 Å². The fourth-order valence-corrected chi connectivity index (χ4v) is 3.65. The number of carbonyl (C=O) groups excluding carboxylic acids is 2. The molecule has 2 aromatic heterocycles. The zero-order valence-electron chi connectivity index (χ0n) is 18.6. The molecule has 35 heavy (non-hydrogen) atoms. The van der Waals surface area contributed by atoms with Gasteiger partial charge in [-0.05, 0) is 45.0 Å². The first-order valence-corrected chi connectivity index (χ1v) is 10.2. The molecule has 1 aromatic carbocycles. The Kier molecular flexibility index (Phi) is 5.68. The molecule has 1 atom stereocenters. The highest BCUT2D eigenvalue weighted by molar-refractivity contribution is 6.05. The molecule has 3 heterocycles. The van der Waals surface area contributed by atoms with E-state index in [0.717, 1.165) is 6.07 Å². The van der Waals surface area contributed by atoms with E-state index in [4.69, 9.17) is 10.00 Å². The third-order valence-corrected chi connectivity index (χ3v) is 5.34. The smallest absolute Gasteiger partial charge is 0.416 e. The fourth-order valence-electron chi connectivity index (χ4n) is 3.65. The number of halogens is 3. The Hall–Kier alpha value is -4.47. The predicted molar refractivity (Wildman–Crippen MR) is 114 cm³/mol. The Morgan fingerprint density at radius 3 is 2.66 bits per heavy atom. The van der Waals surface area contributed by atoms with Gasteiger partial charge < -0.3 is 10.1 Å². The van der Waals surface area contributed by atoms with E-state index >= 15 is 0 Å². The molecule has 0 unspecified atom stereocenters. The van der Waals surface area contributed by atoms with Crippen molar-refractivity contribution in [1.82, 2.24) is 25.1 Å². The first-order valence-electron chi connectivity index (χ1n) is 10.2. The average Bonchev–Trinajstić information content (AvgIpc) is 3.27. The van der Waals surface area contributed by atoms with Gasteiger partial charge in [0.15, 0.2) is 11.6 Å². The molecule has 13 heteroatoms. The molecule has 0 saturated heterocycles. The summed E-state index contributed by atoms with van der Waals surface area (Å²) in [4.78, 5) is 33.4. The number of aromatic nitrogens is 4. The van der Waals surface area contributed by atoms with Crippen molar-refractivity contribution in [2.24, 2.45) is 0 Å². The lowest BCUT2D eigenvalue weighted by molar-refractivity contribution is -0.137. The standard InChI is InChI=1S/C22H18F3N7O3/c1-11(18-28-10-29-32(18)16-5-4-12(8-26)9-27-16)30-19(33)14-6-13(22(23,24)25)7-15-17(14)31-20(34)35-21(15,2)3/h4-7,9-11H,1-3H3,(H,30,33)(H,31,34)/t11-/m0/s1. The van der Waals surface area contributed by atoms with Gasteiger partial charge in [-0.2, -0.15) is 28.2 Å². The third kappa shape index (κ3) is 4.50. The highest BCUT2D eigenvalue weighted by Crippen LogP contribution is 2.42. The van der Waals surface area contributed by atoms with Crippen molar-refractivity contribution < 1.29 is 27.5 Å². The number of nitrogens with one attached hydrogen (secondary N) is 2. The minimum absolute atomic E-state index is 0.00896. The third-order valence-electron chi connectivity index (χ3n) is 5.34. The van der Waals surface area contributed by atoms with Crippen LogP contribution >= 0.6 is 0 Å². The van der Waals surface area contributed by atoms with Crippen molar-refractivity contribution in [2.45, 2.75) is 38.6 Å². The molecule has 1 aliphatic heterocycles. The molecule has 0 fully saturated rings. The maximum atomic E-state index is 13.6. The summed E-state index contributed by atoms with van der Waals surface area (Å²) in [6, 6.07) is 5.71. The summed E-state index contributed by atoms with van der Waals surface area (Å²) in [6.07, 6.45) is -3.07. The van der Waals surface area contributed by atoms with E-state index in [0.29, 0.717) is 17.4 Å². The van der Waals surface area contributed by atoms with Crippen LogP contribution in [0, 0.1) is 11.3 Å². The summed E-state index contributed by atoms with van der Waals surface area (Å²) < 4.78 is 47.3. The van der Waals surface area contributed by atoms with Crippen LogP contribution in [-0.2, 0) is 16.5 Å². The van der Waals surface area contributed by atoms with E-state index in [1.807, 2.05) is 6.07 Å². The molecule has 10 nitrogen and oxygen atoms in total. The largest absolute Gasteiger partial charge is 0.438 e. The van der Waals surface area contributed by atoms with E-state index in [1.54, 1.807) is 6.92 Å². The van der Waals surface area contributed by atoms with Crippen molar-refractivity contribution >= 4 is 17.7 Å². The second-order valence-corrected chi connectivity index (χ2v) is 8.21. The molecule has 2 amide bonds. The van der Waals surface area contributed by atoms with Gasteiger partial charge in [0, 0.05) is 11.8 Å². The summed E-state index contributed by atoms with van der Waals surface area (Å²) in [5.74, 6) is -0.315. The van der Waals surface area contributed by atoms with Crippen LogP contribution in [0.15, 0.2) is 36.8 Å². The van der Waals surface area contributed by atoms with E-state index < -0.39 is 35.4 Å². The average molecular weight is 485 g/mol. The summed E-state index contributed by atoms with van der Waals surface area (Å²) in [7, 11) is 0. The molecule has 1 aliphatic rings. The monoisotopic (exact) mass is 485 g/mol. The number of carbonyl (C=O) groups is 2. The Morgan fingerprint density at radius 1 is 1.29 bits per heavy atom. The van der Waals surface area contributed by atoms with Crippen LogP contribution in [-0.4, -0.2) is 31.7 Å². The molecule has 0 radical (unpaired) electrons. The molecular weight excluding hydrogens is 467 g/mol. The van der Waals surface area contributed by atoms with Gasteiger partial charge in [0.05, 0.1) is 28.4 Å². The second-order valence-electron chi connectivity index (χ2n) is 8.21. The number of alkyl halides is 3. The number of benzene rings is 1. The minimum atomic E-state index is -4.74. The zero-order valence-corrected chi connectivity index (χ0v) is 18.6. The van der Waals surface area contributed by atoms with Crippen molar-refractivity contribution in [2.75, 3.05) is 5.32 Å². The minimum Gasteiger partial charge on any atom is -0.438 e. The highest BCUT2D eigenvalue weighted by Gasteiger charge is 2.40. The van der Waals surface area contributed by atoms with Crippen LogP contribution in [0.3, 0.4) is 0 Å². The summed E-state index contributed by atoms with van der Waals surface area (Å²) in [5, 5.41) is 18.0. The quantitative estimate of drug-likeness (QED) is 0.573. The number of ether oxygens (including phenoxy) is 1. The van der Waals surface area contributed by atoms with Gasteiger partial charge in [-0.1, -0.05) is 0 Å². The van der Waals surface area contributed by atoms with Gasteiger partial charge in [-0.25, -0.2) is 14.8 Å². The number of nitrogens with zero attached hydrogens (tertiary/aromatic N) is 5. The Balaban J connectivity index is 1.70. The number of cyclic esters (lactones) is 1. The van der Waals surface area contributed by atoms with Gasteiger partial charge >= 0.3 is 12.3 Å². The number of rotatable bonds is 4. The maximum Gasteiger partial charge on any atom is 0.416 e. The molecule has 0 bridgehead atoms. The Bertz CT molecular complexity index is 1360. The summed E-state index contributed by atoms with van der Waals surface area (Å²) >= 11 is 0. The molecule has 0 saturated carbocycles. The van der Waals surface area contributed by atoms with E-state index in [1.165, 1.54) is 43.2 Å². The topological polar surface area (TPSA) is 135 Å². The fraction of sp³-hybridized carbons (Fsp3) is 0.273. The molecule has 180 valence electrons. The summed E-state index contributed by atoms with van der Waals surface area (Å²) in [6.45, 7) is 4.43. The van der Waals surface area contributed by atoms with Gasteiger partial charge in [0.25, 0.3) is 5.91 Å². The predicted octanol–water partition coefficient (Wildman–Crippen LogP) is 3.84. The first-order chi connectivity index (χ1) is 16.4. The van der Waals surface area contributed by atoms with Crippen LogP contribution in [0.2, 0.25) is 0 Å². The molecule has 4 rings (SSSR count). The number of amides is 2. The SMILES string of the molecule is C[C@H](NC(=O)c1cc(C(F)(F)F)cc2c1NC(=O)OC2(C)C)c1ncnn1-c1ccc(C#N)cn1. The number of pyridine rings is 1. The van der Waals surface area contributed by atoms with Crippen LogP contribution in [0.5, 0.6) is 0 Å². The van der Waals surface area contributed by atoms with E-state index in [9.17, 15) is 22.8 Å². The lowest BCUT2D eigenvalue weighted by atomic mass is 9.89. The van der Waals surface area contributed by atoms with Crippen molar-refractivity contribution in [1.29, 1.82) is 5.26 Å². The first kappa shape index (κ1) is 23.7. The zero-order chi connectivity index (χ0) is 25.5. The Morgan fingerprint density at radius 2 is 2.03 bits per heavy atom. The molecule has 3 aromatic rings. The van der Waals surface area contributed by atoms with Gasteiger partial charge in [0.2, 0.25) is 0 Å². The molecular formula is C22H18F3N7O3. The number of fused-ring (bicyclic) bond motifs is 1. The lowest BCUT2D eigenvalue weighted by Crippen LogP contribution is -2.37.